The second kappa shape index (κ2) is 5.32. The number of anilines is 1. The van der Waals surface area contributed by atoms with Gasteiger partial charge in [-0.15, -0.1) is 0 Å². The van der Waals surface area contributed by atoms with E-state index in [-0.39, 0.29) is 0 Å². The average molecular weight is 270 g/mol. The van der Waals surface area contributed by atoms with Gasteiger partial charge in [0.05, 0.1) is 13.1 Å². The van der Waals surface area contributed by atoms with Crippen LogP contribution in [0, 0.1) is 6.92 Å². The first-order valence-corrected chi connectivity index (χ1v) is 6.72. The number of hydrogen-bond acceptors (Lipinski definition) is 5. The van der Waals surface area contributed by atoms with Crippen LogP contribution in [0.2, 0.25) is 0 Å². The molecule has 0 fully saturated rings. The lowest BCUT2D eigenvalue weighted by atomic mass is 10.1. The lowest BCUT2D eigenvalue weighted by Gasteiger charge is -2.11. The van der Waals surface area contributed by atoms with Gasteiger partial charge in [-0.05, 0) is 19.1 Å². The van der Waals surface area contributed by atoms with Crippen LogP contribution in [0.3, 0.4) is 0 Å². The van der Waals surface area contributed by atoms with Crippen LogP contribution in [-0.4, -0.2) is 40.2 Å². The topological polar surface area (TPSA) is 67.1 Å². The number of hydrogen-bond donors (Lipinski definition) is 2. The molecule has 1 aromatic carbocycles. The Kier molecular flexibility index (Phi) is 3.37. The zero-order chi connectivity index (χ0) is 13.9. The predicted octanol–water partition coefficient (Wildman–Crippen LogP) is 1.20. The number of nitrogens with zero attached hydrogens (tertiary/aromatic N) is 4. The van der Waals surface area contributed by atoms with Crippen molar-refractivity contribution in [3.05, 3.63) is 30.1 Å². The number of aromatic nitrogens is 3. The van der Waals surface area contributed by atoms with Crippen LogP contribution in [-0.2, 0) is 7.05 Å². The minimum atomic E-state index is 0.702. The van der Waals surface area contributed by atoms with Gasteiger partial charge in [-0.1, -0.05) is 12.1 Å². The van der Waals surface area contributed by atoms with Crippen LogP contribution in [0.15, 0.2) is 29.3 Å². The van der Waals surface area contributed by atoms with E-state index in [0.29, 0.717) is 6.54 Å². The quantitative estimate of drug-likeness (QED) is 0.876. The third-order valence-corrected chi connectivity index (χ3v) is 3.23. The fraction of sp³-hybridized carbons (Fsp3) is 0.357. The molecule has 0 bridgehead atoms. The van der Waals surface area contributed by atoms with E-state index in [1.807, 2.05) is 26.1 Å². The number of rotatable bonds is 4. The van der Waals surface area contributed by atoms with Gasteiger partial charge in [-0.3, -0.25) is 4.99 Å². The highest BCUT2D eigenvalue weighted by atomic mass is 15.3. The van der Waals surface area contributed by atoms with E-state index in [9.17, 15) is 0 Å². The number of nitrogens with one attached hydrogen (secondary N) is 2. The van der Waals surface area contributed by atoms with Gasteiger partial charge in [-0.25, -0.2) is 9.67 Å². The third-order valence-electron chi connectivity index (χ3n) is 3.23. The van der Waals surface area contributed by atoms with E-state index < -0.39 is 0 Å². The van der Waals surface area contributed by atoms with Crippen molar-refractivity contribution in [2.24, 2.45) is 12.0 Å². The summed E-state index contributed by atoms with van der Waals surface area (Å²) in [4.78, 5) is 8.87. The van der Waals surface area contributed by atoms with Crippen LogP contribution in [0.1, 0.15) is 5.82 Å². The monoisotopic (exact) mass is 270 g/mol. The predicted molar refractivity (Wildman–Crippen MR) is 80.0 cm³/mol. The summed E-state index contributed by atoms with van der Waals surface area (Å²) in [7, 11) is 1.91. The summed E-state index contributed by atoms with van der Waals surface area (Å²) < 4.78 is 1.81. The molecule has 2 heterocycles. The number of amidine groups is 1. The Bertz CT molecular complexity index is 643. The third kappa shape index (κ3) is 2.49. The van der Waals surface area contributed by atoms with Crippen molar-refractivity contribution in [1.82, 2.24) is 20.1 Å². The number of aliphatic imine (C=N–C) groups is 1. The van der Waals surface area contributed by atoms with Crippen molar-refractivity contribution >= 4 is 11.5 Å². The maximum atomic E-state index is 4.49. The molecular formula is C14H18N6. The Hall–Kier alpha value is -2.37. The van der Waals surface area contributed by atoms with E-state index >= 15 is 0 Å². The van der Waals surface area contributed by atoms with Crippen LogP contribution in [0.5, 0.6) is 0 Å². The van der Waals surface area contributed by atoms with Gasteiger partial charge in [0.2, 0.25) is 0 Å². The van der Waals surface area contributed by atoms with Crippen molar-refractivity contribution in [3.63, 3.8) is 0 Å². The van der Waals surface area contributed by atoms with Crippen LogP contribution in [0.25, 0.3) is 11.4 Å². The highest BCUT2D eigenvalue weighted by Crippen LogP contribution is 2.25. The van der Waals surface area contributed by atoms with E-state index in [4.69, 9.17) is 0 Å². The highest BCUT2D eigenvalue weighted by molar-refractivity contribution is 5.88. The van der Waals surface area contributed by atoms with Crippen LogP contribution < -0.4 is 10.6 Å². The molecule has 0 unspecified atom stereocenters. The molecule has 6 heteroatoms. The van der Waals surface area contributed by atoms with E-state index in [2.05, 4.69) is 37.8 Å². The molecule has 0 radical (unpaired) electrons. The molecule has 0 amide bonds. The molecule has 1 aromatic heterocycles. The number of aryl methyl sites for hydroxylation is 2. The van der Waals surface area contributed by atoms with E-state index in [1.54, 1.807) is 4.68 Å². The normalized spacial score (nSPS) is 14.0. The molecule has 0 saturated heterocycles. The average Bonchev–Trinajstić information content (AvgIpc) is 3.06. The Morgan fingerprint density at radius 2 is 2.20 bits per heavy atom. The fourth-order valence-electron chi connectivity index (χ4n) is 2.32. The lowest BCUT2D eigenvalue weighted by molar-refractivity contribution is 0.764. The molecule has 0 aliphatic carbocycles. The van der Waals surface area contributed by atoms with E-state index in [0.717, 1.165) is 41.8 Å². The Morgan fingerprint density at radius 1 is 1.35 bits per heavy atom. The summed E-state index contributed by atoms with van der Waals surface area (Å²) in [5.41, 5.74) is 2.09. The van der Waals surface area contributed by atoms with Gasteiger partial charge in [0.1, 0.15) is 11.7 Å². The number of benzene rings is 1. The molecule has 20 heavy (non-hydrogen) atoms. The fourth-order valence-corrected chi connectivity index (χ4v) is 2.32. The largest absolute Gasteiger partial charge is 0.377 e. The molecule has 2 aromatic rings. The zero-order valence-electron chi connectivity index (χ0n) is 11.7. The zero-order valence-corrected chi connectivity index (χ0v) is 11.7. The SMILES string of the molecule is Cc1nc(-c2ccccc2NCC2=NCCN2)n(C)n1. The molecule has 0 atom stereocenters. The number of para-hydroxylation sites is 1. The van der Waals surface area contributed by atoms with Gasteiger partial charge < -0.3 is 10.6 Å². The minimum Gasteiger partial charge on any atom is -0.377 e. The minimum absolute atomic E-state index is 0.702. The second-order valence-electron chi connectivity index (χ2n) is 4.76. The summed E-state index contributed by atoms with van der Waals surface area (Å²) in [5.74, 6) is 2.65. The molecule has 2 N–H and O–H groups in total. The van der Waals surface area contributed by atoms with Crippen molar-refractivity contribution in [1.29, 1.82) is 0 Å². The van der Waals surface area contributed by atoms with Gasteiger partial charge in [0.25, 0.3) is 0 Å². The molecule has 3 rings (SSSR count). The summed E-state index contributed by atoms with van der Waals surface area (Å²) >= 11 is 0. The standard InChI is InChI=1S/C14H18N6/c1-10-18-14(20(2)19-10)11-5-3-4-6-12(11)17-9-13-15-7-8-16-13/h3-6,17H,7-9H2,1-2H3,(H,15,16). The summed E-state index contributed by atoms with van der Waals surface area (Å²) in [6, 6.07) is 8.12. The molecule has 0 saturated carbocycles. The smallest absolute Gasteiger partial charge is 0.160 e. The first kappa shape index (κ1) is 12.7. The second-order valence-corrected chi connectivity index (χ2v) is 4.76. The van der Waals surface area contributed by atoms with Crippen LogP contribution >= 0.6 is 0 Å². The van der Waals surface area contributed by atoms with Crippen molar-refractivity contribution in [2.75, 3.05) is 25.0 Å². The first-order chi connectivity index (χ1) is 9.74. The maximum Gasteiger partial charge on any atom is 0.160 e. The highest BCUT2D eigenvalue weighted by Gasteiger charge is 2.12. The molecule has 1 aliphatic rings. The van der Waals surface area contributed by atoms with E-state index in [1.165, 1.54) is 0 Å². The lowest BCUT2D eigenvalue weighted by Crippen LogP contribution is -2.26. The summed E-state index contributed by atoms with van der Waals surface area (Å²) in [6.07, 6.45) is 0. The van der Waals surface area contributed by atoms with Gasteiger partial charge in [0.15, 0.2) is 5.82 Å². The molecule has 6 nitrogen and oxygen atoms in total. The molecule has 1 aliphatic heterocycles. The Labute approximate surface area is 117 Å². The molecule has 104 valence electrons. The Morgan fingerprint density at radius 3 is 2.90 bits per heavy atom. The first-order valence-electron chi connectivity index (χ1n) is 6.72. The molecule has 0 spiro atoms. The molecular weight excluding hydrogens is 252 g/mol. The summed E-state index contributed by atoms with van der Waals surface area (Å²) in [5, 5.41) is 11.0. The van der Waals surface area contributed by atoms with Gasteiger partial charge >= 0.3 is 0 Å². The van der Waals surface area contributed by atoms with Gasteiger partial charge in [-0.2, -0.15) is 5.10 Å². The van der Waals surface area contributed by atoms with Gasteiger partial charge in [0, 0.05) is 24.8 Å². The van der Waals surface area contributed by atoms with Crippen molar-refractivity contribution < 1.29 is 0 Å². The summed E-state index contributed by atoms with van der Waals surface area (Å²) in [6.45, 7) is 4.40. The van der Waals surface area contributed by atoms with Crippen LogP contribution in [0.4, 0.5) is 5.69 Å². The maximum absolute atomic E-state index is 4.49. The van der Waals surface area contributed by atoms with Crippen molar-refractivity contribution in [3.8, 4) is 11.4 Å². The van der Waals surface area contributed by atoms with Crippen molar-refractivity contribution in [2.45, 2.75) is 6.92 Å². The Balaban J connectivity index is 1.86.